The molecule has 0 amide bonds. The summed E-state index contributed by atoms with van der Waals surface area (Å²) in [5.41, 5.74) is 2.29. The molecular formula is C10H12N2. The first-order chi connectivity index (χ1) is 5.77. The molecule has 0 aliphatic rings. The highest BCUT2D eigenvalue weighted by Gasteiger charge is 2.00. The summed E-state index contributed by atoms with van der Waals surface area (Å²) in [5, 5.41) is 0. The van der Waals surface area contributed by atoms with Gasteiger partial charge >= 0.3 is 0 Å². The summed E-state index contributed by atoms with van der Waals surface area (Å²) in [4.78, 5) is 4.36. The summed E-state index contributed by atoms with van der Waals surface area (Å²) >= 11 is 0. The lowest BCUT2D eigenvalue weighted by Gasteiger charge is -2.04. The Morgan fingerprint density at radius 2 is 2.25 bits per heavy atom. The summed E-state index contributed by atoms with van der Waals surface area (Å²) in [6, 6.07) is 4.08. The van der Waals surface area contributed by atoms with Crippen molar-refractivity contribution in [1.29, 1.82) is 0 Å². The van der Waals surface area contributed by atoms with E-state index in [0.717, 1.165) is 11.2 Å². The van der Waals surface area contributed by atoms with E-state index >= 15 is 0 Å². The van der Waals surface area contributed by atoms with Gasteiger partial charge in [0.05, 0.1) is 17.4 Å². The van der Waals surface area contributed by atoms with E-state index in [9.17, 15) is 0 Å². The number of nitrogens with zero attached hydrogens (tertiary/aromatic N) is 2. The van der Waals surface area contributed by atoms with Crippen molar-refractivity contribution in [3.8, 4) is 0 Å². The lowest BCUT2D eigenvalue weighted by Crippen LogP contribution is -1.94. The second kappa shape index (κ2) is 2.63. The fourth-order valence-electron chi connectivity index (χ4n) is 1.25. The molecule has 0 radical (unpaired) electrons. The third kappa shape index (κ3) is 1.09. The molecule has 0 aromatic carbocycles. The van der Waals surface area contributed by atoms with Gasteiger partial charge in [-0.25, -0.2) is 0 Å². The smallest absolute Gasteiger partial charge is 0.0634 e. The van der Waals surface area contributed by atoms with Crippen molar-refractivity contribution >= 4 is 5.52 Å². The molecular weight excluding hydrogens is 148 g/mol. The van der Waals surface area contributed by atoms with Gasteiger partial charge in [-0.1, -0.05) is 13.8 Å². The fraction of sp³-hybridized carbons (Fsp3) is 0.300. The van der Waals surface area contributed by atoms with Crippen LogP contribution in [0.3, 0.4) is 0 Å². The van der Waals surface area contributed by atoms with Crippen LogP contribution in [0.4, 0.5) is 0 Å². The molecule has 2 rings (SSSR count). The summed E-state index contributed by atoms with van der Waals surface area (Å²) in [6.07, 6.45) is 6.04. The molecule has 2 heteroatoms. The van der Waals surface area contributed by atoms with Crippen LogP contribution in [0.1, 0.15) is 25.5 Å². The molecule has 0 aliphatic carbocycles. The van der Waals surface area contributed by atoms with E-state index in [1.807, 2.05) is 18.5 Å². The third-order valence-corrected chi connectivity index (χ3v) is 2.02. The molecule has 2 heterocycles. The molecule has 0 bridgehead atoms. The second-order valence-corrected chi connectivity index (χ2v) is 3.31. The number of aromatic nitrogens is 2. The van der Waals surface area contributed by atoms with Crippen molar-refractivity contribution in [2.24, 2.45) is 0 Å². The van der Waals surface area contributed by atoms with Crippen LogP contribution in [-0.4, -0.2) is 9.38 Å². The van der Waals surface area contributed by atoms with E-state index in [2.05, 4.69) is 35.5 Å². The molecule has 0 saturated heterocycles. The molecule has 0 atom stereocenters. The number of hydrogen-bond donors (Lipinski definition) is 0. The van der Waals surface area contributed by atoms with Crippen LogP contribution >= 0.6 is 0 Å². The summed E-state index contributed by atoms with van der Waals surface area (Å²) in [5.74, 6) is 0.497. The molecule has 2 nitrogen and oxygen atoms in total. The van der Waals surface area contributed by atoms with Crippen LogP contribution in [0, 0.1) is 0 Å². The fourth-order valence-corrected chi connectivity index (χ4v) is 1.25. The Bertz CT molecular complexity index is 387. The first-order valence-electron chi connectivity index (χ1n) is 4.20. The summed E-state index contributed by atoms with van der Waals surface area (Å²) in [7, 11) is 0. The first-order valence-corrected chi connectivity index (χ1v) is 4.20. The number of fused-ring (bicyclic) bond motifs is 1. The largest absolute Gasteiger partial charge is 0.321 e. The Balaban J connectivity index is 2.60. The van der Waals surface area contributed by atoms with Gasteiger partial charge < -0.3 is 4.40 Å². The average molecular weight is 160 g/mol. The van der Waals surface area contributed by atoms with E-state index in [0.29, 0.717) is 5.92 Å². The quantitative estimate of drug-likeness (QED) is 0.626. The Morgan fingerprint density at radius 1 is 1.42 bits per heavy atom. The minimum Gasteiger partial charge on any atom is -0.321 e. The van der Waals surface area contributed by atoms with E-state index in [1.165, 1.54) is 0 Å². The predicted molar refractivity (Wildman–Crippen MR) is 49.3 cm³/mol. The van der Waals surface area contributed by atoms with Gasteiger partial charge in [0, 0.05) is 12.4 Å². The number of rotatable bonds is 1. The molecule has 62 valence electrons. The standard InChI is InChI=1S/C10H12N2/c1-8(2)10-7-12-5-3-4-9(12)6-11-10/h3-8H,1-2H3. The topological polar surface area (TPSA) is 17.3 Å². The SMILES string of the molecule is CC(C)c1cn2cccc2cn1. The lowest BCUT2D eigenvalue weighted by molar-refractivity contribution is 0.809. The molecule has 0 N–H and O–H groups in total. The first kappa shape index (κ1) is 7.35. The monoisotopic (exact) mass is 160 g/mol. The highest BCUT2D eigenvalue weighted by atomic mass is 14.9. The van der Waals surface area contributed by atoms with Gasteiger partial charge in [0.25, 0.3) is 0 Å². The normalized spacial score (nSPS) is 11.2. The van der Waals surface area contributed by atoms with Gasteiger partial charge in [0.1, 0.15) is 0 Å². The maximum atomic E-state index is 4.36. The summed E-state index contributed by atoms with van der Waals surface area (Å²) in [6.45, 7) is 4.30. The third-order valence-electron chi connectivity index (χ3n) is 2.02. The molecule has 2 aromatic rings. The Kier molecular flexibility index (Phi) is 1.61. The van der Waals surface area contributed by atoms with E-state index in [1.54, 1.807) is 0 Å². The van der Waals surface area contributed by atoms with Crippen LogP contribution in [0.25, 0.3) is 5.52 Å². The molecule has 0 spiro atoms. The van der Waals surface area contributed by atoms with Crippen LogP contribution in [0.15, 0.2) is 30.7 Å². The highest BCUT2D eigenvalue weighted by Crippen LogP contribution is 2.12. The second-order valence-electron chi connectivity index (χ2n) is 3.31. The zero-order chi connectivity index (χ0) is 8.55. The van der Waals surface area contributed by atoms with Crippen LogP contribution in [0.2, 0.25) is 0 Å². The van der Waals surface area contributed by atoms with Crippen LogP contribution in [-0.2, 0) is 0 Å². The maximum Gasteiger partial charge on any atom is 0.0634 e. The molecule has 0 fully saturated rings. The molecule has 2 aromatic heterocycles. The minimum absolute atomic E-state index is 0.497. The molecule has 12 heavy (non-hydrogen) atoms. The zero-order valence-corrected chi connectivity index (χ0v) is 7.36. The molecule has 0 aliphatic heterocycles. The van der Waals surface area contributed by atoms with Gasteiger partial charge in [0.2, 0.25) is 0 Å². The highest BCUT2D eigenvalue weighted by molar-refractivity contribution is 5.45. The van der Waals surface area contributed by atoms with Crippen LogP contribution in [0.5, 0.6) is 0 Å². The van der Waals surface area contributed by atoms with Crippen molar-refractivity contribution in [1.82, 2.24) is 9.38 Å². The van der Waals surface area contributed by atoms with Gasteiger partial charge in [-0.15, -0.1) is 0 Å². The van der Waals surface area contributed by atoms with Crippen LogP contribution < -0.4 is 0 Å². The van der Waals surface area contributed by atoms with E-state index < -0.39 is 0 Å². The van der Waals surface area contributed by atoms with Crippen molar-refractivity contribution in [3.63, 3.8) is 0 Å². The average Bonchev–Trinajstić information content (AvgIpc) is 2.49. The minimum atomic E-state index is 0.497. The molecule has 0 saturated carbocycles. The number of hydrogen-bond acceptors (Lipinski definition) is 1. The Labute approximate surface area is 71.9 Å². The van der Waals surface area contributed by atoms with Crippen molar-refractivity contribution in [2.45, 2.75) is 19.8 Å². The summed E-state index contributed by atoms with van der Waals surface area (Å²) < 4.78 is 2.10. The Morgan fingerprint density at radius 3 is 3.00 bits per heavy atom. The van der Waals surface area contributed by atoms with Gasteiger partial charge in [-0.2, -0.15) is 0 Å². The van der Waals surface area contributed by atoms with Crippen molar-refractivity contribution in [2.75, 3.05) is 0 Å². The Hall–Kier alpha value is -1.31. The maximum absolute atomic E-state index is 4.36. The molecule has 0 unspecified atom stereocenters. The van der Waals surface area contributed by atoms with Crippen molar-refractivity contribution < 1.29 is 0 Å². The lowest BCUT2D eigenvalue weighted by atomic mass is 10.1. The van der Waals surface area contributed by atoms with E-state index in [-0.39, 0.29) is 0 Å². The van der Waals surface area contributed by atoms with Crippen molar-refractivity contribution in [3.05, 3.63) is 36.4 Å². The van der Waals surface area contributed by atoms with Gasteiger partial charge in [-0.3, -0.25) is 4.98 Å². The van der Waals surface area contributed by atoms with Gasteiger partial charge in [0.15, 0.2) is 0 Å². The van der Waals surface area contributed by atoms with E-state index in [4.69, 9.17) is 0 Å². The predicted octanol–water partition coefficient (Wildman–Crippen LogP) is 2.46. The van der Waals surface area contributed by atoms with Gasteiger partial charge in [-0.05, 0) is 18.1 Å². The zero-order valence-electron chi connectivity index (χ0n) is 7.36.